The zero-order chi connectivity index (χ0) is 16.4. The first-order valence-electron chi connectivity index (χ1n) is 9.02. The van der Waals surface area contributed by atoms with Gasteiger partial charge in [0.25, 0.3) is 0 Å². The summed E-state index contributed by atoms with van der Waals surface area (Å²) >= 11 is 0. The molecule has 23 heavy (non-hydrogen) atoms. The fraction of sp³-hybridized carbons (Fsp3) is 0.833. The van der Waals surface area contributed by atoms with E-state index in [2.05, 4.69) is 16.3 Å². The van der Waals surface area contributed by atoms with Gasteiger partial charge in [0, 0.05) is 32.2 Å². The number of rotatable bonds is 3. The van der Waals surface area contributed by atoms with Crippen molar-refractivity contribution >= 4 is 6.09 Å². The number of carbonyl (C=O) groups is 1. The van der Waals surface area contributed by atoms with Crippen LogP contribution in [0.25, 0.3) is 0 Å². The fourth-order valence-corrected chi connectivity index (χ4v) is 3.82. The van der Waals surface area contributed by atoms with E-state index in [0.29, 0.717) is 12.6 Å². The zero-order valence-electron chi connectivity index (χ0n) is 14.8. The van der Waals surface area contributed by atoms with Crippen LogP contribution in [0.5, 0.6) is 0 Å². The van der Waals surface area contributed by atoms with Crippen LogP contribution >= 0.6 is 0 Å². The average Bonchev–Trinajstić information content (AvgIpc) is 2.53. The maximum Gasteiger partial charge on any atom is 0.410 e. The van der Waals surface area contributed by atoms with Crippen molar-refractivity contribution in [1.82, 2.24) is 15.1 Å². The molecule has 0 aliphatic carbocycles. The molecule has 4 aliphatic heterocycles. The summed E-state index contributed by atoms with van der Waals surface area (Å²) in [5.41, 5.74) is 1.01. The van der Waals surface area contributed by atoms with Gasteiger partial charge in [-0.1, -0.05) is 11.6 Å². The van der Waals surface area contributed by atoms with E-state index in [0.717, 1.165) is 25.4 Å². The van der Waals surface area contributed by atoms with Gasteiger partial charge in [0.1, 0.15) is 5.60 Å². The maximum atomic E-state index is 12.1. The van der Waals surface area contributed by atoms with E-state index >= 15 is 0 Å². The van der Waals surface area contributed by atoms with Gasteiger partial charge >= 0.3 is 6.09 Å². The van der Waals surface area contributed by atoms with Crippen molar-refractivity contribution in [3.05, 3.63) is 11.6 Å². The molecule has 1 unspecified atom stereocenters. The Morgan fingerprint density at radius 1 is 1.30 bits per heavy atom. The summed E-state index contributed by atoms with van der Waals surface area (Å²) in [6.07, 6.45) is 5.65. The summed E-state index contributed by atoms with van der Waals surface area (Å²) in [7, 11) is 0. The molecule has 130 valence electrons. The van der Waals surface area contributed by atoms with E-state index in [1.54, 1.807) is 4.90 Å². The molecule has 4 aliphatic rings. The first kappa shape index (κ1) is 16.8. The third-order valence-electron chi connectivity index (χ3n) is 5.20. The molecule has 5 heteroatoms. The second-order valence-electron chi connectivity index (χ2n) is 8.16. The number of hydrogen-bond acceptors (Lipinski definition) is 4. The third-order valence-corrected chi connectivity index (χ3v) is 5.20. The Bertz CT molecular complexity index is 461. The average molecular weight is 321 g/mol. The summed E-state index contributed by atoms with van der Waals surface area (Å²) in [4.78, 5) is 16.4. The molecule has 0 aromatic carbocycles. The number of ether oxygens (including phenoxy) is 1. The van der Waals surface area contributed by atoms with Gasteiger partial charge in [-0.3, -0.25) is 0 Å². The molecule has 0 aromatic heterocycles. The van der Waals surface area contributed by atoms with Crippen molar-refractivity contribution in [3.8, 4) is 0 Å². The summed E-state index contributed by atoms with van der Waals surface area (Å²) in [6, 6.07) is 0.655. The second kappa shape index (κ2) is 6.81. The van der Waals surface area contributed by atoms with Gasteiger partial charge < -0.3 is 19.9 Å². The molecule has 2 bridgehead atoms. The van der Waals surface area contributed by atoms with Crippen molar-refractivity contribution in [2.45, 2.75) is 51.7 Å². The number of fused-ring (bicyclic) bond motifs is 3. The van der Waals surface area contributed by atoms with E-state index in [1.807, 2.05) is 20.8 Å². The minimum absolute atomic E-state index is 0.196. The molecule has 5 nitrogen and oxygen atoms in total. The van der Waals surface area contributed by atoms with Crippen LogP contribution in [0.2, 0.25) is 0 Å². The molecule has 4 heterocycles. The number of nitrogens with zero attached hydrogens (tertiary/aromatic N) is 2. The SMILES string of the molecule is CC(C)(C)OC(=O)N1CC=C(CNC2CN3CCC2CC3)CC1. The monoisotopic (exact) mass is 321 g/mol. The second-order valence-corrected chi connectivity index (χ2v) is 8.16. The number of hydrogen-bond donors (Lipinski definition) is 1. The lowest BCUT2D eigenvalue weighted by atomic mass is 9.84. The van der Waals surface area contributed by atoms with Crippen LogP contribution in [0, 0.1) is 5.92 Å². The highest BCUT2D eigenvalue weighted by Crippen LogP contribution is 2.27. The zero-order valence-corrected chi connectivity index (χ0v) is 14.8. The molecule has 4 rings (SSSR count). The molecule has 0 spiro atoms. The van der Waals surface area contributed by atoms with Crippen LogP contribution in [-0.2, 0) is 4.74 Å². The van der Waals surface area contributed by atoms with Crippen molar-refractivity contribution in [3.63, 3.8) is 0 Å². The molecule has 1 N–H and O–H groups in total. The molecule has 3 saturated heterocycles. The first-order chi connectivity index (χ1) is 10.9. The Morgan fingerprint density at radius 2 is 2.04 bits per heavy atom. The third kappa shape index (κ3) is 4.48. The highest BCUT2D eigenvalue weighted by Gasteiger charge is 2.33. The van der Waals surface area contributed by atoms with E-state index in [9.17, 15) is 4.79 Å². The number of carbonyl (C=O) groups excluding carboxylic acids is 1. The fourth-order valence-electron chi connectivity index (χ4n) is 3.82. The lowest BCUT2D eigenvalue weighted by Crippen LogP contribution is -2.56. The summed E-state index contributed by atoms with van der Waals surface area (Å²) < 4.78 is 5.44. The molecule has 0 radical (unpaired) electrons. The van der Waals surface area contributed by atoms with E-state index in [1.165, 1.54) is 38.0 Å². The minimum Gasteiger partial charge on any atom is -0.444 e. The van der Waals surface area contributed by atoms with Gasteiger partial charge in [0.15, 0.2) is 0 Å². The Hall–Kier alpha value is -1.07. The predicted molar refractivity (Wildman–Crippen MR) is 91.5 cm³/mol. The van der Waals surface area contributed by atoms with Crippen molar-refractivity contribution < 1.29 is 9.53 Å². The van der Waals surface area contributed by atoms with E-state index in [4.69, 9.17) is 4.74 Å². The van der Waals surface area contributed by atoms with Crippen LogP contribution in [0.1, 0.15) is 40.0 Å². The highest BCUT2D eigenvalue weighted by molar-refractivity contribution is 5.68. The first-order valence-corrected chi connectivity index (χ1v) is 9.02. The molecule has 1 amide bonds. The minimum atomic E-state index is -0.418. The number of nitrogens with one attached hydrogen (secondary N) is 1. The van der Waals surface area contributed by atoms with Crippen LogP contribution in [-0.4, -0.2) is 66.8 Å². The topological polar surface area (TPSA) is 44.8 Å². The summed E-state index contributed by atoms with van der Waals surface area (Å²) in [5.74, 6) is 0.863. The van der Waals surface area contributed by atoms with Gasteiger partial charge in [0.05, 0.1) is 0 Å². The van der Waals surface area contributed by atoms with Crippen molar-refractivity contribution in [2.24, 2.45) is 5.92 Å². The largest absolute Gasteiger partial charge is 0.444 e. The van der Waals surface area contributed by atoms with Gasteiger partial charge in [-0.2, -0.15) is 0 Å². The molecule has 0 saturated carbocycles. The summed E-state index contributed by atoms with van der Waals surface area (Å²) in [5, 5.41) is 3.76. The van der Waals surface area contributed by atoms with Crippen LogP contribution in [0.3, 0.4) is 0 Å². The van der Waals surface area contributed by atoms with Gasteiger partial charge in [-0.25, -0.2) is 4.79 Å². The van der Waals surface area contributed by atoms with Crippen LogP contribution in [0.15, 0.2) is 11.6 Å². The quantitative estimate of drug-likeness (QED) is 0.810. The van der Waals surface area contributed by atoms with E-state index in [-0.39, 0.29) is 6.09 Å². The number of amides is 1. The van der Waals surface area contributed by atoms with Crippen molar-refractivity contribution in [1.29, 1.82) is 0 Å². The van der Waals surface area contributed by atoms with Gasteiger partial charge in [-0.15, -0.1) is 0 Å². The molecular weight excluding hydrogens is 290 g/mol. The Labute approximate surface area is 140 Å². The summed E-state index contributed by atoms with van der Waals surface area (Å²) in [6.45, 7) is 11.9. The normalized spacial score (nSPS) is 31.0. The standard InChI is InChI=1S/C18H31N3O2/c1-18(2,3)23-17(22)21-10-4-14(5-11-21)12-19-16-13-20-8-6-15(16)7-9-20/h4,15-16,19H,5-13H2,1-3H3. The van der Waals surface area contributed by atoms with E-state index < -0.39 is 5.60 Å². The Balaban J connectivity index is 1.43. The lowest BCUT2D eigenvalue weighted by Gasteiger charge is -2.45. The van der Waals surface area contributed by atoms with Crippen LogP contribution < -0.4 is 5.32 Å². The Morgan fingerprint density at radius 3 is 2.57 bits per heavy atom. The molecule has 3 fully saturated rings. The van der Waals surface area contributed by atoms with Crippen LogP contribution in [0.4, 0.5) is 4.79 Å². The lowest BCUT2D eigenvalue weighted by molar-refractivity contribution is 0.0265. The molecule has 1 atom stereocenters. The molecule has 0 aromatic rings. The predicted octanol–water partition coefficient (Wildman–Crippen LogP) is 2.24. The maximum absolute atomic E-state index is 12.1. The van der Waals surface area contributed by atoms with Crippen molar-refractivity contribution in [2.75, 3.05) is 39.3 Å². The molecular formula is C18H31N3O2. The smallest absolute Gasteiger partial charge is 0.410 e. The highest BCUT2D eigenvalue weighted by atomic mass is 16.6. The van der Waals surface area contributed by atoms with Gasteiger partial charge in [-0.05, 0) is 59.0 Å². The Kier molecular flexibility index (Phi) is 4.97. The van der Waals surface area contributed by atoms with Gasteiger partial charge in [0.2, 0.25) is 0 Å². The number of piperidine rings is 3.